The molecule has 10 heteroatoms. The third-order valence-corrected chi connectivity index (χ3v) is 8.12. The molecule has 1 saturated carbocycles. The van der Waals surface area contributed by atoms with Gasteiger partial charge in [-0.3, -0.25) is 9.59 Å². The molecule has 206 valence electrons. The highest BCUT2D eigenvalue weighted by Gasteiger charge is 2.21. The molecule has 9 nitrogen and oxygen atoms in total. The van der Waals surface area contributed by atoms with Crippen LogP contribution in [0.4, 0.5) is 0 Å². The van der Waals surface area contributed by atoms with Gasteiger partial charge in [-0.25, -0.2) is 22.9 Å². The van der Waals surface area contributed by atoms with E-state index in [2.05, 4.69) is 10.3 Å². The lowest BCUT2D eigenvalue weighted by Gasteiger charge is -2.20. The van der Waals surface area contributed by atoms with Crippen LogP contribution in [0.3, 0.4) is 0 Å². The van der Waals surface area contributed by atoms with Gasteiger partial charge in [-0.15, -0.1) is 0 Å². The zero-order valence-corrected chi connectivity index (χ0v) is 22.9. The van der Waals surface area contributed by atoms with Crippen molar-refractivity contribution in [3.8, 4) is 0 Å². The molecule has 0 saturated heterocycles. The standard InChI is InChI=1S/C28H37N3O6S/c1-3-23(4-2)37-28(34)25-14-13-22(19-30-25)27(33)31-38(35,36)24-12-8-11-21(17-24)15-16-29-26(32)18-20-9-6-5-7-10-20/h8,11-14,17,19-20,23H,3-7,9-10,15-16,18H2,1-2H3,(H,29,32)(H,31,33). The van der Waals surface area contributed by atoms with Crippen LogP contribution in [-0.2, 0) is 26.0 Å². The number of ether oxygens (including phenoxy) is 1. The second kappa shape index (κ2) is 14.0. The lowest BCUT2D eigenvalue weighted by atomic mass is 9.87. The maximum absolute atomic E-state index is 12.8. The van der Waals surface area contributed by atoms with E-state index in [0.29, 0.717) is 38.1 Å². The molecule has 1 fully saturated rings. The molecule has 1 aliphatic carbocycles. The molecule has 38 heavy (non-hydrogen) atoms. The minimum absolute atomic E-state index is 0.00973. The van der Waals surface area contributed by atoms with Crippen molar-refractivity contribution in [3.63, 3.8) is 0 Å². The van der Waals surface area contributed by atoms with Gasteiger partial charge in [-0.1, -0.05) is 45.2 Å². The minimum Gasteiger partial charge on any atom is -0.458 e. The molecule has 1 aromatic carbocycles. The molecule has 1 aliphatic rings. The van der Waals surface area contributed by atoms with E-state index in [1.807, 2.05) is 18.6 Å². The molecular weight excluding hydrogens is 506 g/mol. The van der Waals surface area contributed by atoms with Gasteiger partial charge in [0.25, 0.3) is 15.9 Å². The smallest absolute Gasteiger partial charge is 0.357 e. The zero-order chi connectivity index (χ0) is 27.5. The van der Waals surface area contributed by atoms with Crippen molar-refractivity contribution >= 4 is 27.8 Å². The largest absolute Gasteiger partial charge is 0.458 e. The van der Waals surface area contributed by atoms with Crippen LogP contribution in [0.2, 0.25) is 0 Å². The number of amides is 2. The summed E-state index contributed by atoms with van der Waals surface area (Å²) < 4.78 is 33.1. The quantitative estimate of drug-likeness (QED) is 0.384. The number of nitrogens with zero attached hydrogens (tertiary/aromatic N) is 1. The summed E-state index contributed by atoms with van der Waals surface area (Å²) in [6.45, 7) is 4.23. The fourth-order valence-electron chi connectivity index (χ4n) is 4.50. The van der Waals surface area contributed by atoms with E-state index in [1.165, 1.54) is 43.5 Å². The minimum atomic E-state index is -4.15. The Bertz CT molecular complexity index is 1200. The second-order valence-corrected chi connectivity index (χ2v) is 11.3. The molecule has 0 radical (unpaired) electrons. The van der Waals surface area contributed by atoms with E-state index in [0.717, 1.165) is 24.6 Å². The fourth-order valence-corrected chi connectivity index (χ4v) is 5.54. The Balaban J connectivity index is 1.54. The number of esters is 1. The monoisotopic (exact) mass is 543 g/mol. The van der Waals surface area contributed by atoms with Crippen molar-refractivity contribution in [2.45, 2.75) is 82.6 Å². The molecule has 2 amide bonds. The van der Waals surface area contributed by atoms with Gasteiger partial charge in [0.1, 0.15) is 11.8 Å². The Labute approximate surface area is 224 Å². The topological polar surface area (TPSA) is 132 Å². The predicted molar refractivity (Wildman–Crippen MR) is 143 cm³/mol. The van der Waals surface area contributed by atoms with Gasteiger partial charge in [0.05, 0.1) is 10.5 Å². The van der Waals surface area contributed by atoms with Crippen LogP contribution < -0.4 is 10.0 Å². The number of rotatable bonds is 12. The number of sulfonamides is 1. The molecule has 2 aromatic rings. The number of aromatic nitrogens is 1. The summed E-state index contributed by atoms with van der Waals surface area (Å²) in [5.41, 5.74) is 0.750. The summed E-state index contributed by atoms with van der Waals surface area (Å²) >= 11 is 0. The molecule has 1 heterocycles. The summed E-state index contributed by atoms with van der Waals surface area (Å²) in [5, 5.41) is 2.92. The molecule has 0 bridgehead atoms. The molecule has 0 atom stereocenters. The van der Waals surface area contributed by atoms with Gasteiger partial charge in [-0.05, 0) is 67.9 Å². The summed E-state index contributed by atoms with van der Waals surface area (Å²) in [6, 6.07) is 8.91. The van der Waals surface area contributed by atoms with E-state index in [4.69, 9.17) is 4.74 Å². The van der Waals surface area contributed by atoms with E-state index in [9.17, 15) is 22.8 Å². The molecular formula is C28H37N3O6S. The first-order valence-electron chi connectivity index (χ1n) is 13.3. The fraction of sp³-hybridized carbons (Fsp3) is 0.500. The maximum atomic E-state index is 12.8. The first-order chi connectivity index (χ1) is 18.2. The van der Waals surface area contributed by atoms with E-state index in [1.54, 1.807) is 12.1 Å². The van der Waals surface area contributed by atoms with Crippen LogP contribution in [0.1, 0.15) is 91.6 Å². The van der Waals surface area contributed by atoms with Crippen molar-refractivity contribution in [1.82, 2.24) is 15.0 Å². The van der Waals surface area contributed by atoms with Crippen molar-refractivity contribution in [2.75, 3.05) is 6.54 Å². The SMILES string of the molecule is CCC(CC)OC(=O)c1ccc(C(=O)NS(=O)(=O)c2cccc(CCNC(=O)CC3CCCCC3)c2)cn1. The first-order valence-corrected chi connectivity index (χ1v) is 14.8. The average Bonchev–Trinajstić information content (AvgIpc) is 2.92. The Morgan fingerprint density at radius 2 is 1.79 bits per heavy atom. The van der Waals surface area contributed by atoms with Gasteiger partial charge in [-0.2, -0.15) is 0 Å². The van der Waals surface area contributed by atoms with Crippen molar-refractivity contribution in [3.05, 3.63) is 59.4 Å². The van der Waals surface area contributed by atoms with E-state index in [-0.39, 0.29) is 28.2 Å². The molecule has 3 rings (SSSR count). The van der Waals surface area contributed by atoms with Crippen LogP contribution in [0.15, 0.2) is 47.5 Å². The first kappa shape index (κ1) is 29.3. The van der Waals surface area contributed by atoms with Crippen molar-refractivity contribution in [2.24, 2.45) is 5.92 Å². The number of carbonyl (C=O) groups excluding carboxylic acids is 3. The highest BCUT2D eigenvalue weighted by Crippen LogP contribution is 2.26. The number of pyridine rings is 1. The summed E-state index contributed by atoms with van der Waals surface area (Å²) in [6.07, 6.45) is 9.10. The van der Waals surface area contributed by atoms with Crippen LogP contribution in [0.5, 0.6) is 0 Å². The number of hydrogen-bond donors (Lipinski definition) is 2. The normalized spacial score (nSPS) is 14.2. The molecule has 1 aromatic heterocycles. The highest BCUT2D eigenvalue weighted by atomic mass is 32.2. The second-order valence-electron chi connectivity index (χ2n) is 9.67. The number of hydrogen-bond acceptors (Lipinski definition) is 7. The zero-order valence-electron chi connectivity index (χ0n) is 22.1. The number of nitrogens with one attached hydrogen (secondary N) is 2. The van der Waals surface area contributed by atoms with Gasteiger partial charge in [0.15, 0.2) is 0 Å². The molecule has 0 spiro atoms. The Morgan fingerprint density at radius 1 is 1.05 bits per heavy atom. The number of benzene rings is 1. The van der Waals surface area contributed by atoms with Crippen LogP contribution in [-0.4, -0.2) is 43.8 Å². The Morgan fingerprint density at radius 3 is 2.45 bits per heavy atom. The molecule has 0 aliphatic heterocycles. The lowest BCUT2D eigenvalue weighted by molar-refractivity contribution is -0.122. The predicted octanol–water partition coefficient (Wildman–Crippen LogP) is 4.17. The number of carbonyl (C=O) groups is 3. The lowest BCUT2D eigenvalue weighted by Crippen LogP contribution is -2.31. The van der Waals surface area contributed by atoms with E-state index < -0.39 is 21.9 Å². The average molecular weight is 544 g/mol. The third-order valence-electron chi connectivity index (χ3n) is 6.79. The third kappa shape index (κ3) is 8.65. The molecule has 2 N–H and O–H groups in total. The molecule has 0 unspecified atom stereocenters. The van der Waals surface area contributed by atoms with Gasteiger partial charge >= 0.3 is 5.97 Å². The van der Waals surface area contributed by atoms with Crippen LogP contribution in [0.25, 0.3) is 0 Å². The van der Waals surface area contributed by atoms with Crippen LogP contribution in [0, 0.1) is 5.92 Å². The van der Waals surface area contributed by atoms with Gasteiger partial charge in [0.2, 0.25) is 5.91 Å². The summed E-state index contributed by atoms with van der Waals surface area (Å²) in [5.74, 6) is -0.982. The van der Waals surface area contributed by atoms with Crippen molar-refractivity contribution in [1.29, 1.82) is 0 Å². The Kier molecular flexibility index (Phi) is 10.8. The van der Waals surface area contributed by atoms with Gasteiger partial charge < -0.3 is 10.1 Å². The van der Waals surface area contributed by atoms with Crippen LogP contribution >= 0.6 is 0 Å². The van der Waals surface area contributed by atoms with E-state index >= 15 is 0 Å². The Hall–Kier alpha value is -3.27. The summed E-state index contributed by atoms with van der Waals surface area (Å²) in [4.78, 5) is 40.9. The van der Waals surface area contributed by atoms with Crippen molar-refractivity contribution < 1.29 is 27.5 Å². The van der Waals surface area contributed by atoms with Gasteiger partial charge in [0, 0.05) is 19.2 Å². The summed E-state index contributed by atoms with van der Waals surface area (Å²) in [7, 11) is -4.15. The maximum Gasteiger partial charge on any atom is 0.357 e. The highest BCUT2D eigenvalue weighted by molar-refractivity contribution is 7.90.